The number of carbonyl (C=O) groups is 2. The van der Waals surface area contributed by atoms with Gasteiger partial charge in [-0.1, -0.05) is 5.21 Å². The van der Waals surface area contributed by atoms with Gasteiger partial charge in [-0.15, -0.1) is 5.10 Å². The van der Waals surface area contributed by atoms with Crippen LogP contribution in [-0.2, 0) is 16.6 Å². The van der Waals surface area contributed by atoms with Gasteiger partial charge in [0.05, 0.1) is 12.4 Å². The van der Waals surface area contributed by atoms with E-state index in [0.717, 1.165) is 5.56 Å². The third kappa shape index (κ3) is 2.12. The number of nitrogens with zero attached hydrogens (tertiary/aromatic N) is 5. The van der Waals surface area contributed by atoms with Crippen LogP contribution < -0.4 is 5.32 Å². The molecule has 0 saturated carbocycles. The molecule has 0 spiro atoms. The minimum atomic E-state index is -0.476. The Morgan fingerprint density at radius 2 is 2.21 bits per heavy atom. The van der Waals surface area contributed by atoms with Crippen LogP contribution in [0.15, 0.2) is 18.6 Å². The molecule has 8 nitrogen and oxygen atoms in total. The Bertz CT molecular complexity index is 643. The number of aromatic nitrogens is 5. The lowest BCUT2D eigenvalue weighted by molar-refractivity contribution is -0.136. The second-order valence-corrected chi connectivity index (χ2v) is 4.45. The first-order valence-electron chi connectivity index (χ1n) is 5.88. The van der Waals surface area contributed by atoms with Gasteiger partial charge in [0.15, 0.2) is 0 Å². The number of carbonyl (C=O) groups excluding carboxylic acids is 2. The maximum absolute atomic E-state index is 11.7. The first-order valence-corrected chi connectivity index (χ1v) is 5.88. The van der Waals surface area contributed by atoms with E-state index in [0.29, 0.717) is 18.5 Å². The summed E-state index contributed by atoms with van der Waals surface area (Å²) >= 11 is 0. The Hall–Kier alpha value is -2.51. The van der Waals surface area contributed by atoms with Gasteiger partial charge in [0.25, 0.3) is 5.91 Å². The summed E-state index contributed by atoms with van der Waals surface area (Å²) in [5, 5.41) is 14.3. The first kappa shape index (κ1) is 11.6. The van der Waals surface area contributed by atoms with Crippen LogP contribution in [0.2, 0.25) is 0 Å². The Balaban J connectivity index is 1.85. The summed E-state index contributed by atoms with van der Waals surface area (Å²) < 4.78 is 3.16. The van der Waals surface area contributed by atoms with Crippen molar-refractivity contribution < 1.29 is 9.59 Å². The topological polar surface area (TPSA) is 94.7 Å². The van der Waals surface area contributed by atoms with Gasteiger partial charge in [0.2, 0.25) is 5.91 Å². The number of hydrogen-bond acceptors (Lipinski definition) is 5. The largest absolute Gasteiger partial charge is 0.295 e. The lowest BCUT2D eigenvalue weighted by Gasteiger charge is -2.20. The molecule has 2 amide bonds. The van der Waals surface area contributed by atoms with Crippen molar-refractivity contribution >= 4 is 11.8 Å². The smallest absolute Gasteiger partial charge is 0.251 e. The van der Waals surface area contributed by atoms with E-state index in [9.17, 15) is 9.59 Å². The zero-order valence-corrected chi connectivity index (χ0v) is 10.3. The van der Waals surface area contributed by atoms with Gasteiger partial charge in [-0.25, -0.2) is 4.68 Å². The summed E-state index contributed by atoms with van der Waals surface area (Å²) in [7, 11) is 1.81. The molecule has 2 aromatic heterocycles. The van der Waals surface area contributed by atoms with E-state index in [4.69, 9.17) is 0 Å². The van der Waals surface area contributed by atoms with Crippen molar-refractivity contribution in [3.63, 3.8) is 0 Å². The third-order valence-corrected chi connectivity index (χ3v) is 3.04. The molecule has 0 aromatic carbocycles. The van der Waals surface area contributed by atoms with Crippen molar-refractivity contribution in [3.8, 4) is 11.3 Å². The summed E-state index contributed by atoms with van der Waals surface area (Å²) in [5.41, 5.74) is 1.49. The molecule has 2 aromatic rings. The molecule has 1 saturated heterocycles. The van der Waals surface area contributed by atoms with Gasteiger partial charge in [0.1, 0.15) is 11.7 Å². The van der Waals surface area contributed by atoms with Crippen LogP contribution in [0.3, 0.4) is 0 Å². The van der Waals surface area contributed by atoms with Crippen molar-refractivity contribution in [2.24, 2.45) is 7.05 Å². The highest BCUT2D eigenvalue weighted by Crippen LogP contribution is 2.20. The van der Waals surface area contributed by atoms with Crippen LogP contribution >= 0.6 is 0 Å². The van der Waals surface area contributed by atoms with Gasteiger partial charge in [0, 0.05) is 25.2 Å². The maximum Gasteiger partial charge on any atom is 0.251 e. The number of imide groups is 1. The third-order valence-electron chi connectivity index (χ3n) is 3.04. The van der Waals surface area contributed by atoms with Crippen molar-refractivity contribution in [1.29, 1.82) is 0 Å². The molecule has 1 unspecified atom stereocenters. The molecule has 19 heavy (non-hydrogen) atoms. The molecule has 1 N–H and O–H groups in total. The fourth-order valence-electron chi connectivity index (χ4n) is 2.05. The van der Waals surface area contributed by atoms with Crippen molar-refractivity contribution in [2.45, 2.75) is 18.9 Å². The first-order chi connectivity index (χ1) is 9.13. The van der Waals surface area contributed by atoms with E-state index < -0.39 is 6.04 Å². The predicted molar refractivity (Wildman–Crippen MR) is 63.6 cm³/mol. The average Bonchev–Trinajstić information content (AvgIpc) is 2.97. The van der Waals surface area contributed by atoms with E-state index in [-0.39, 0.29) is 11.8 Å². The summed E-state index contributed by atoms with van der Waals surface area (Å²) in [6.45, 7) is 0. The molecule has 8 heteroatoms. The zero-order valence-electron chi connectivity index (χ0n) is 10.3. The quantitative estimate of drug-likeness (QED) is 0.745. The van der Waals surface area contributed by atoms with Gasteiger partial charge in [-0.05, 0) is 6.42 Å². The van der Waals surface area contributed by atoms with E-state index in [1.165, 1.54) is 4.68 Å². The molecule has 3 heterocycles. The van der Waals surface area contributed by atoms with E-state index in [2.05, 4.69) is 20.7 Å². The van der Waals surface area contributed by atoms with Crippen LogP contribution in [0.25, 0.3) is 11.3 Å². The van der Waals surface area contributed by atoms with Gasteiger partial charge in [-0.2, -0.15) is 5.10 Å². The summed E-state index contributed by atoms with van der Waals surface area (Å²) in [5.74, 6) is -0.576. The normalized spacial score (nSPS) is 19.5. The molecule has 1 atom stereocenters. The predicted octanol–water partition coefficient (Wildman–Crippen LogP) is -0.344. The summed E-state index contributed by atoms with van der Waals surface area (Å²) in [4.78, 5) is 22.8. The fourth-order valence-corrected chi connectivity index (χ4v) is 2.05. The van der Waals surface area contributed by atoms with Crippen LogP contribution in [-0.4, -0.2) is 36.6 Å². The van der Waals surface area contributed by atoms with E-state index in [1.807, 2.05) is 13.2 Å². The second kappa shape index (κ2) is 4.30. The standard InChI is InChI=1S/C11H12N6O2/c1-16-5-7(4-12-16)8-6-17(15-14-8)9-2-3-10(18)13-11(9)19/h4-6,9H,2-3H2,1H3,(H,13,18,19). The Kier molecular flexibility index (Phi) is 2.62. The molecule has 98 valence electrons. The second-order valence-electron chi connectivity index (χ2n) is 4.45. The Labute approximate surface area is 108 Å². The summed E-state index contributed by atoms with van der Waals surface area (Å²) in [6.07, 6.45) is 5.95. The number of rotatable bonds is 2. The van der Waals surface area contributed by atoms with Crippen LogP contribution in [0.4, 0.5) is 0 Å². The molecular formula is C11H12N6O2. The molecular weight excluding hydrogens is 248 g/mol. The molecule has 1 aliphatic rings. The molecule has 1 fully saturated rings. The average molecular weight is 260 g/mol. The van der Waals surface area contributed by atoms with Crippen LogP contribution in [0, 0.1) is 0 Å². The molecule has 3 rings (SSSR count). The van der Waals surface area contributed by atoms with Gasteiger partial charge >= 0.3 is 0 Å². The lowest BCUT2D eigenvalue weighted by Crippen LogP contribution is -2.41. The highest BCUT2D eigenvalue weighted by atomic mass is 16.2. The SMILES string of the molecule is Cn1cc(-c2cn(C3CCC(=O)NC3=O)nn2)cn1. The minimum Gasteiger partial charge on any atom is -0.295 e. The Morgan fingerprint density at radius 1 is 1.37 bits per heavy atom. The van der Waals surface area contributed by atoms with Gasteiger partial charge in [-0.3, -0.25) is 19.6 Å². The summed E-state index contributed by atoms with van der Waals surface area (Å²) in [6, 6.07) is -0.476. The molecule has 0 bridgehead atoms. The minimum absolute atomic E-state index is 0.242. The number of aryl methyl sites for hydroxylation is 1. The lowest BCUT2D eigenvalue weighted by atomic mass is 10.1. The van der Waals surface area contributed by atoms with E-state index in [1.54, 1.807) is 17.1 Å². The Morgan fingerprint density at radius 3 is 2.89 bits per heavy atom. The van der Waals surface area contributed by atoms with E-state index >= 15 is 0 Å². The molecule has 0 aliphatic carbocycles. The number of hydrogen-bond donors (Lipinski definition) is 1. The van der Waals surface area contributed by atoms with Crippen LogP contribution in [0.1, 0.15) is 18.9 Å². The highest BCUT2D eigenvalue weighted by Gasteiger charge is 2.29. The van der Waals surface area contributed by atoms with Crippen molar-refractivity contribution in [3.05, 3.63) is 18.6 Å². The van der Waals surface area contributed by atoms with Crippen LogP contribution in [0.5, 0.6) is 0 Å². The fraction of sp³-hybridized carbons (Fsp3) is 0.364. The zero-order chi connectivity index (χ0) is 13.4. The van der Waals surface area contributed by atoms with Crippen molar-refractivity contribution in [2.75, 3.05) is 0 Å². The number of amides is 2. The molecule has 1 aliphatic heterocycles. The van der Waals surface area contributed by atoms with Gasteiger partial charge < -0.3 is 0 Å². The monoisotopic (exact) mass is 260 g/mol. The number of nitrogens with one attached hydrogen (secondary N) is 1. The van der Waals surface area contributed by atoms with Crippen molar-refractivity contribution in [1.82, 2.24) is 30.1 Å². The number of piperidine rings is 1. The molecule has 0 radical (unpaired) electrons. The maximum atomic E-state index is 11.7. The highest BCUT2D eigenvalue weighted by molar-refractivity contribution is 5.99.